The molecule has 2 aliphatic rings. The standard InChI is InChI=1S/C20H29NO4/c22-18(15-19(23)9-5-2-6-10-19)21-13-11-20(24,12-14-21)16-25-17-7-3-1-4-8-17/h1,3-4,7-8,23-24H,2,5-6,9-16H2. The molecule has 0 aromatic heterocycles. The van der Waals surface area contributed by atoms with E-state index < -0.39 is 11.2 Å². The Kier molecular flexibility index (Phi) is 5.64. The number of para-hydroxylation sites is 1. The van der Waals surface area contributed by atoms with Gasteiger partial charge in [0.2, 0.25) is 5.91 Å². The van der Waals surface area contributed by atoms with Crippen molar-refractivity contribution in [3.8, 4) is 5.75 Å². The summed E-state index contributed by atoms with van der Waals surface area (Å²) in [6.45, 7) is 1.27. The highest BCUT2D eigenvalue weighted by Crippen LogP contribution is 2.32. The minimum absolute atomic E-state index is 0.00966. The minimum Gasteiger partial charge on any atom is -0.491 e. The Morgan fingerprint density at radius 3 is 2.24 bits per heavy atom. The zero-order chi connectivity index (χ0) is 17.8. The fourth-order valence-electron chi connectivity index (χ4n) is 3.83. The van der Waals surface area contributed by atoms with Gasteiger partial charge in [-0.25, -0.2) is 0 Å². The Morgan fingerprint density at radius 1 is 0.960 bits per heavy atom. The molecule has 1 aliphatic carbocycles. The first kappa shape index (κ1) is 18.2. The van der Waals surface area contributed by atoms with E-state index >= 15 is 0 Å². The summed E-state index contributed by atoms with van der Waals surface area (Å²) in [5.74, 6) is 0.754. The Hall–Kier alpha value is -1.59. The summed E-state index contributed by atoms with van der Waals surface area (Å²) >= 11 is 0. The molecule has 3 rings (SSSR count). The second-order valence-electron chi connectivity index (χ2n) is 7.67. The smallest absolute Gasteiger partial charge is 0.225 e. The van der Waals surface area contributed by atoms with Gasteiger partial charge in [0.05, 0.1) is 12.0 Å². The second kappa shape index (κ2) is 7.75. The number of carbonyl (C=O) groups is 1. The molecule has 2 fully saturated rings. The summed E-state index contributed by atoms with van der Waals surface area (Å²) in [6, 6.07) is 9.46. The fraction of sp³-hybridized carbons (Fsp3) is 0.650. The lowest BCUT2D eigenvalue weighted by Crippen LogP contribution is -2.51. The lowest BCUT2D eigenvalue weighted by atomic mass is 9.82. The van der Waals surface area contributed by atoms with Gasteiger partial charge in [0, 0.05) is 13.1 Å². The van der Waals surface area contributed by atoms with Crippen LogP contribution in [0.2, 0.25) is 0 Å². The highest BCUT2D eigenvalue weighted by Gasteiger charge is 2.38. The predicted molar refractivity (Wildman–Crippen MR) is 95.4 cm³/mol. The molecule has 2 N–H and O–H groups in total. The highest BCUT2D eigenvalue weighted by molar-refractivity contribution is 5.77. The van der Waals surface area contributed by atoms with E-state index in [2.05, 4.69) is 0 Å². The number of carbonyl (C=O) groups excluding carboxylic acids is 1. The third-order valence-corrected chi connectivity index (χ3v) is 5.56. The molecule has 1 aliphatic heterocycles. The molecule has 1 aromatic carbocycles. The number of nitrogens with zero attached hydrogens (tertiary/aromatic N) is 1. The molecular weight excluding hydrogens is 318 g/mol. The van der Waals surface area contributed by atoms with Crippen LogP contribution in [0.5, 0.6) is 5.75 Å². The van der Waals surface area contributed by atoms with Crippen molar-refractivity contribution in [2.75, 3.05) is 19.7 Å². The third kappa shape index (κ3) is 4.95. The third-order valence-electron chi connectivity index (χ3n) is 5.56. The van der Waals surface area contributed by atoms with Crippen molar-refractivity contribution in [1.29, 1.82) is 0 Å². The van der Waals surface area contributed by atoms with Gasteiger partial charge < -0.3 is 19.8 Å². The van der Waals surface area contributed by atoms with Crippen LogP contribution < -0.4 is 4.74 Å². The van der Waals surface area contributed by atoms with Crippen LogP contribution in [-0.4, -0.2) is 51.9 Å². The maximum absolute atomic E-state index is 12.5. The molecule has 0 unspecified atom stereocenters. The molecule has 1 saturated carbocycles. The lowest BCUT2D eigenvalue weighted by molar-refractivity contribution is -0.142. The molecule has 0 bridgehead atoms. The summed E-state index contributed by atoms with van der Waals surface area (Å²) in [5, 5.41) is 21.3. The van der Waals surface area contributed by atoms with Crippen LogP contribution >= 0.6 is 0 Å². The molecule has 0 radical (unpaired) electrons. The van der Waals surface area contributed by atoms with Gasteiger partial charge in [0.1, 0.15) is 18.0 Å². The number of hydrogen-bond acceptors (Lipinski definition) is 4. The maximum atomic E-state index is 12.5. The van der Waals surface area contributed by atoms with Crippen LogP contribution in [-0.2, 0) is 4.79 Å². The molecule has 0 spiro atoms. The van der Waals surface area contributed by atoms with Gasteiger partial charge in [-0.15, -0.1) is 0 Å². The summed E-state index contributed by atoms with van der Waals surface area (Å²) in [6.07, 6.45) is 5.82. The Morgan fingerprint density at radius 2 is 1.60 bits per heavy atom. The van der Waals surface area contributed by atoms with Crippen LogP contribution in [0.3, 0.4) is 0 Å². The van der Waals surface area contributed by atoms with E-state index in [0.717, 1.165) is 37.9 Å². The molecule has 25 heavy (non-hydrogen) atoms. The second-order valence-corrected chi connectivity index (χ2v) is 7.67. The Bertz CT molecular complexity index is 560. The van der Waals surface area contributed by atoms with Crippen LogP contribution in [0.15, 0.2) is 30.3 Å². The molecule has 0 atom stereocenters. The van der Waals surface area contributed by atoms with E-state index in [1.165, 1.54) is 0 Å². The van der Waals surface area contributed by atoms with Crippen molar-refractivity contribution < 1.29 is 19.7 Å². The number of amides is 1. The lowest BCUT2D eigenvalue weighted by Gasteiger charge is -2.39. The van der Waals surface area contributed by atoms with Crippen LogP contribution in [0.4, 0.5) is 0 Å². The number of benzene rings is 1. The van der Waals surface area contributed by atoms with E-state index in [1.807, 2.05) is 30.3 Å². The SMILES string of the molecule is O=C(CC1(O)CCCCC1)N1CCC(O)(COc2ccccc2)CC1. The largest absolute Gasteiger partial charge is 0.491 e. The normalized spacial score (nSPS) is 22.4. The van der Waals surface area contributed by atoms with Crippen molar-refractivity contribution in [2.45, 2.75) is 62.6 Å². The summed E-state index contributed by atoms with van der Waals surface area (Å²) in [5.41, 5.74) is -1.71. The van der Waals surface area contributed by atoms with Gasteiger partial charge in [-0.1, -0.05) is 37.5 Å². The van der Waals surface area contributed by atoms with Gasteiger partial charge in [-0.3, -0.25) is 4.79 Å². The van der Waals surface area contributed by atoms with Crippen LogP contribution in [0.25, 0.3) is 0 Å². The van der Waals surface area contributed by atoms with Gasteiger partial charge in [0.15, 0.2) is 0 Å². The van der Waals surface area contributed by atoms with E-state index in [9.17, 15) is 15.0 Å². The monoisotopic (exact) mass is 347 g/mol. The minimum atomic E-state index is -0.894. The molecular formula is C20H29NO4. The van der Waals surface area contributed by atoms with Crippen molar-refractivity contribution >= 4 is 5.91 Å². The zero-order valence-corrected chi connectivity index (χ0v) is 14.8. The van der Waals surface area contributed by atoms with E-state index in [0.29, 0.717) is 25.9 Å². The number of aliphatic hydroxyl groups is 2. The fourth-order valence-corrected chi connectivity index (χ4v) is 3.83. The van der Waals surface area contributed by atoms with E-state index in [1.54, 1.807) is 4.90 Å². The average molecular weight is 347 g/mol. The van der Waals surface area contributed by atoms with Crippen LogP contribution in [0.1, 0.15) is 51.4 Å². The van der Waals surface area contributed by atoms with Crippen molar-refractivity contribution in [3.05, 3.63) is 30.3 Å². The number of piperidine rings is 1. The van der Waals surface area contributed by atoms with Crippen molar-refractivity contribution in [3.63, 3.8) is 0 Å². The summed E-state index contributed by atoms with van der Waals surface area (Å²) in [7, 11) is 0. The summed E-state index contributed by atoms with van der Waals surface area (Å²) < 4.78 is 5.69. The topological polar surface area (TPSA) is 70.0 Å². The van der Waals surface area contributed by atoms with Crippen molar-refractivity contribution in [1.82, 2.24) is 4.90 Å². The molecule has 138 valence electrons. The van der Waals surface area contributed by atoms with Gasteiger partial charge in [0.25, 0.3) is 0 Å². The van der Waals surface area contributed by atoms with Crippen LogP contribution in [0, 0.1) is 0 Å². The molecule has 1 saturated heterocycles. The zero-order valence-electron chi connectivity index (χ0n) is 14.8. The molecule has 5 heteroatoms. The number of rotatable bonds is 5. The first-order valence-corrected chi connectivity index (χ1v) is 9.39. The Labute approximate surface area is 149 Å². The van der Waals surface area contributed by atoms with E-state index in [-0.39, 0.29) is 18.9 Å². The first-order chi connectivity index (χ1) is 12.0. The number of likely N-dealkylation sites (tertiary alicyclic amines) is 1. The maximum Gasteiger partial charge on any atom is 0.225 e. The molecule has 1 aromatic rings. The summed E-state index contributed by atoms with van der Waals surface area (Å²) in [4.78, 5) is 14.3. The van der Waals surface area contributed by atoms with E-state index in [4.69, 9.17) is 4.74 Å². The predicted octanol–water partition coefficient (Wildman–Crippen LogP) is 2.50. The van der Waals surface area contributed by atoms with Gasteiger partial charge >= 0.3 is 0 Å². The average Bonchev–Trinajstić information content (AvgIpc) is 2.62. The molecule has 5 nitrogen and oxygen atoms in total. The number of ether oxygens (including phenoxy) is 1. The van der Waals surface area contributed by atoms with Gasteiger partial charge in [-0.2, -0.15) is 0 Å². The molecule has 1 heterocycles. The van der Waals surface area contributed by atoms with Crippen molar-refractivity contribution in [2.24, 2.45) is 0 Å². The number of hydrogen-bond donors (Lipinski definition) is 2. The highest BCUT2D eigenvalue weighted by atomic mass is 16.5. The first-order valence-electron chi connectivity index (χ1n) is 9.39. The molecule has 1 amide bonds. The quantitative estimate of drug-likeness (QED) is 0.859. The Balaban J connectivity index is 1.46. The van der Waals surface area contributed by atoms with Gasteiger partial charge in [-0.05, 0) is 37.8 Å².